The van der Waals surface area contributed by atoms with E-state index in [-0.39, 0.29) is 24.0 Å². The van der Waals surface area contributed by atoms with Crippen LogP contribution in [-0.2, 0) is 13.2 Å². The lowest BCUT2D eigenvalue weighted by Crippen LogP contribution is -2.28. The number of hydrogen-bond acceptors (Lipinski definition) is 5. The number of aryl methyl sites for hydroxylation is 1. The SMILES string of the molecule is CCn1cc(NC(=O)c2ccc(COc3cccc(Cl)c3)o2)c(C(=O)NCC(C)C)n1. The summed E-state index contributed by atoms with van der Waals surface area (Å²) in [6.07, 6.45) is 1.62. The molecule has 2 amide bonds. The van der Waals surface area contributed by atoms with Crippen molar-refractivity contribution in [3.05, 3.63) is 64.8 Å². The Morgan fingerprint density at radius 1 is 1.23 bits per heavy atom. The maximum atomic E-state index is 12.7. The highest BCUT2D eigenvalue weighted by Gasteiger charge is 2.20. The third-order valence-corrected chi connectivity index (χ3v) is 4.52. The fourth-order valence-electron chi connectivity index (χ4n) is 2.70. The molecule has 9 heteroatoms. The van der Waals surface area contributed by atoms with Crippen molar-refractivity contribution in [3.63, 3.8) is 0 Å². The highest BCUT2D eigenvalue weighted by molar-refractivity contribution is 6.30. The summed E-state index contributed by atoms with van der Waals surface area (Å²) in [5.74, 6) is 0.644. The van der Waals surface area contributed by atoms with E-state index in [9.17, 15) is 9.59 Å². The molecule has 0 unspecified atom stereocenters. The highest BCUT2D eigenvalue weighted by atomic mass is 35.5. The molecule has 0 saturated heterocycles. The average molecular weight is 445 g/mol. The molecule has 0 spiro atoms. The van der Waals surface area contributed by atoms with Crippen LogP contribution in [0.15, 0.2) is 47.0 Å². The number of carbonyl (C=O) groups is 2. The van der Waals surface area contributed by atoms with E-state index in [4.69, 9.17) is 20.8 Å². The monoisotopic (exact) mass is 444 g/mol. The van der Waals surface area contributed by atoms with Crippen molar-refractivity contribution in [2.24, 2.45) is 5.92 Å². The summed E-state index contributed by atoms with van der Waals surface area (Å²) in [4.78, 5) is 25.1. The van der Waals surface area contributed by atoms with Crippen molar-refractivity contribution in [1.29, 1.82) is 0 Å². The van der Waals surface area contributed by atoms with Crippen LogP contribution in [0.25, 0.3) is 0 Å². The number of halogens is 1. The van der Waals surface area contributed by atoms with Gasteiger partial charge in [0, 0.05) is 24.3 Å². The minimum absolute atomic E-state index is 0.0995. The van der Waals surface area contributed by atoms with Gasteiger partial charge in [0.05, 0.1) is 5.69 Å². The Morgan fingerprint density at radius 3 is 2.74 bits per heavy atom. The second-order valence-electron chi connectivity index (χ2n) is 7.32. The quantitative estimate of drug-likeness (QED) is 0.510. The summed E-state index contributed by atoms with van der Waals surface area (Å²) in [5.41, 5.74) is 0.480. The molecule has 31 heavy (non-hydrogen) atoms. The van der Waals surface area contributed by atoms with Crippen molar-refractivity contribution in [3.8, 4) is 5.75 Å². The van der Waals surface area contributed by atoms with E-state index in [2.05, 4.69) is 15.7 Å². The first-order chi connectivity index (χ1) is 14.9. The Hall–Kier alpha value is -3.26. The summed E-state index contributed by atoms with van der Waals surface area (Å²) in [5, 5.41) is 10.3. The van der Waals surface area contributed by atoms with Crippen LogP contribution in [0.1, 0.15) is 47.6 Å². The molecule has 3 rings (SSSR count). The predicted octanol–water partition coefficient (Wildman–Crippen LogP) is 4.37. The first kappa shape index (κ1) is 22.4. The number of benzene rings is 1. The first-order valence-corrected chi connectivity index (χ1v) is 10.4. The average Bonchev–Trinajstić information content (AvgIpc) is 3.37. The normalized spacial score (nSPS) is 10.9. The maximum absolute atomic E-state index is 12.7. The fraction of sp³-hybridized carbons (Fsp3) is 0.318. The molecule has 0 saturated carbocycles. The van der Waals surface area contributed by atoms with E-state index in [1.54, 1.807) is 47.3 Å². The minimum Gasteiger partial charge on any atom is -0.486 e. The Balaban J connectivity index is 1.66. The zero-order valence-electron chi connectivity index (χ0n) is 17.6. The molecule has 3 aromatic rings. The number of nitrogens with one attached hydrogen (secondary N) is 2. The molecule has 0 atom stereocenters. The zero-order chi connectivity index (χ0) is 22.4. The Kier molecular flexibility index (Phi) is 7.36. The van der Waals surface area contributed by atoms with E-state index < -0.39 is 5.91 Å². The van der Waals surface area contributed by atoms with E-state index in [0.29, 0.717) is 41.2 Å². The van der Waals surface area contributed by atoms with Crippen LogP contribution in [0.4, 0.5) is 5.69 Å². The number of furan rings is 1. The van der Waals surface area contributed by atoms with E-state index >= 15 is 0 Å². The number of carbonyl (C=O) groups excluding carboxylic acids is 2. The standard InChI is InChI=1S/C22H25ClN4O4/c1-4-27-12-18(20(26-27)22(29)24-11-14(2)3)25-21(28)19-9-8-17(31-19)13-30-16-7-5-6-15(23)10-16/h5-10,12,14H,4,11,13H2,1-3H3,(H,24,29)(H,25,28). The van der Waals surface area contributed by atoms with E-state index in [0.717, 1.165) is 0 Å². The molecule has 164 valence electrons. The minimum atomic E-state index is -0.484. The lowest BCUT2D eigenvalue weighted by Gasteiger charge is -2.07. The summed E-state index contributed by atoms with van der Waals surface area (Å²) in [7, 11) is 0. The van der Waals surface area contributed by atoms with Crippen LogP contribution in [0.2, 0.25) is 5.02 Å². The van der Waals surface area contributed by atoms with Crippen molar-refractivity contribution in [2.75, 3.05) is 11.9 Å². The smallest absolute Gasteiger partial charge is 0.291 e. The second kappa shape index (κ2) is 10.2. The number of rotatable bonds is 9. The van der Waals surface area contributed by atoms with E-state index in [1.165, 1.54) is 0 Å². The molecule has 0 fully saturated rings. The van der Waals surface area contributed by atoms with Gasteiger partial charge in [-0.05, 0) is 43.2 Å². The Labute approximate surface area is 185 Å². The van der Waals surface area contributed by atoms with Crippen LogP contribution in [0, 0.1) is 5.92 Å². The molecule has 8 nitrogen and oxygen atoms in total. The summed E-state index contributed by atoms with van der Waals surface area (Å²) < 4.78 is 12.8. The van der Waals surface area contributed by atoms with Gasteiger partial charge in [-0.2, -0.15) is 5.10 Å². The number of ether oxygens (including phenoxy) is 1. The molecular formula is C22H25ClN4O4. The van der Waals surface area contributed by atoms with E-state index in [1.807, 2.05) is 20.8 Å². The van der Waals surface area contributed by atoms with Gasteiger partial charge in [0.1, 0.15) is 18.1 Å². The van der Waals surface area contributed by atoms with Gasteiger partial charge in [-0.1, -0.05) is 31.5 Å². The summed E-state index contributed by atoms with van der Waals surface area (Å²) in [6, 6.07) is 10.2. The largest absolute Gasteiger partial charge is 0.486 e. The number of amides is 2. The molecule has 2 heterocycles. The van der Waals surface area contributed by atoms with Crippen molar-refractivity contribution >= 4 is 29.1 Å². The molecule has 0 aliphatic rings. The van der Waals surface area contributed by atoms with Crippen molar-refractivity contribution < 1.29 is 18.7 Å². The molecule has 0 aliphatic carbocycles. The van der Waals surface area contributed by atoms with Gasteiger partial charge in [0.25, 0.3) is 11.8 Å². The third kappa shape index (κ3) is 6.11. The molecule has 2 aromatic heterocycles. The Morgan fingerprint density at radius 2 is 2.03 bits per heavy atom. The van der Waals surface area contributed by atoms with Crippen LogP contribution in [0.5, 0.6) is 5.75 Å². The lowest BCUT2D eigenvalue weighted by molar-refractivity contribution is 0.0944. The van der Waals surface area contributed by atoms with Crippen LogP contribution in [0.3, 0.4) is 0 Å². The molecular weight excluding hydrogens is 420 g/mol. The van der Waals surface area contributed by atoms with Crippen LogP contribution in [-0.4, -0.2) is 28.1 Å². The molecule has 2 N–H and O–H groups in total. The zero-order valence-corrected chi connectivity index (χ0v) is 18.4. The topological polar surface area (TPSA) is 98.4 Å². The molecule has 0 aliphatic heterocycles. The van der Waals surface area contributed by atoms with Gasteiger partial charge in [-0.15, -0.1) is 0 Å². The van der Waals surface area contributed by atoms with Gasteiger partial charge in [0.15, 0.2) is 11.5 Å². The number of aromatic nitrogens is 2. The maximum Gasteiger partial charge on any atom is 0.291 e. The third-order valence-electron chi connectivity index (χ3n) is 4.28. The predicted molar refractivity (Wildman–Crippen MR) is 118 cm³/mol. The van der Waals surface area contributed by atoms with Crippen molar-refractivity contribution in [2.45, 2.75) is 33.9 Å². The fourth-order valence-corrected chi connectivity index (χ4v) is 2.88. The summed E-state index contributed by atoms with van der Waals surface area (Å²) >= 11 is 5.94. The van der Waals surface area contributed by atoms with Gasteiger partial charge in [-0.3, -0.25) is 14.3 Å². The van der Waals surface area contributed by atoms with Gasteiger partial charge in [0.2, 0.25) is 0 Å². The number of nitrogens with zero attached hydrogens (tertiary/aromatic N) is 2. The highest BCUT2D eigenvalue weighted by Crippen LogP contribution is 2.20. The summed E-state index contributed by atoms with van der Waals surface area (Å²) in [6.45, 7) is 7.11. The molecule has 1 aromatic carbocycles. The Bertz CT molecular complexity index is 1060. The number of anilines is 1. The molecule has 0 bridgehead atoms. The molecule has 0 radical (unpaired) electrons. The van der Waals surface area contributed by atoms with Crippen molar-refractivity contribution in [1.82, 2.24) is 15.1 Å². The van der Waals surface area contributed by atoms with Crippen LogP contribution < -0.4 is 15.4 Å². The van der Waals surface area contributed by atoms with Gasteiger partial charge < -0.3 is 19.8 Å². The van der Waals surface area contributed by atoms with Gasteiger partial charge in [-0.25, -0.2) is 0 Å². The van der Waals surface area contributed by atoms with Crippen LogP contribution >= 0.6 is 11.6 Å². The lowest BCUT2D eigenvalue weighted by atomic mass is 10.2. The second-order valence-corrected chi connectivity index (χ2v) is 7.75. The first-order valence-electron chi connectivity index (χ1n) is 9.99. The van der Waals surface area contributed by atoms with Gasteiger partial charge >= 0.3 is 0 Å². The number of hydrogen-bond donors (Lipinski definition) is 2.